The highest BCUT2D eigenvalue weighted by Gasteiger charge is 2.50. The third-order valence-electron chi connectivity index (χ3n) is 5.96. The zero-order chi connectivity index (χ0) is 20.0. The van der Waals surface area contributed by atoms with Crippen molar-refractivity contribution in [3.8, 4) is 0 Å². The molecule has 0 saturated carbocycles. The van der Waals surface area contributed by atoms with Crippen molar-refractivity contribution in [1.82, 2.24) is 0 Å². The molecule has 0 N–H and O–H groups in total. The second kappa shape index (κ2) is 9.18. The van der Waals surface area contributed by atoms with E-state index in [-0.39, 0.29) is 5.22 Å². The van der Waals surface area contributed by atoms with Gasteiger partial charge in [-0.3, -0.25) is 0 Å². The first kappa shape index (κ1) is 21.9. The molecule has 0 fully saturated rings. The van der Waals surface area contributed by atoms with Crippen molar-refractivity contribution in [2.45, 2.75) is 64.0 Å². The van der Waals surface area contributed by atoms with Gasteiger partial charge in [0.15, 0.2) is 0 Å². The average molecular weight is 397 g/mol. The maximum absolute atomic E-state index is 7.30. The molecule has 0 aromatic heterocycles. The first-order chi connectivity index (χ1) is 12.8. The highest BCUT2D eigenvalue weighted by atomic mass is 28.4. The number of unbranched alkanes of at least 4 members (excludes halogenated alkanes) is 1. The van der Waals surface area contributed by atoms with Gasteiger partial charge < -0.3 is 4.43 Å². The molecule has 0 aliphatic carbocycles. The summed E-state index contributed by atoms with van der Waals surface area (Å²) in [6.45, 7) is 16.1. The molecule has 2 rings (SSSR count). The Balaban J connectivity index is 2.53. The summed E-state index contributed by atoms with van der Waals surface area (Å²) in [5.74, 6) is 0. The Kier molecular flexibility index (Phi) is 7.43. The average Bonchev–Trinajstić information content (AvgIpc) is 2.67. The summed E-state index contributed by atoms with van der Waals surface area (Å²) in [6.07, 6.45) is 6.49. The predicted octanol–water partition coefficient (Wildman–Crippen LogP) is 5.78. The number of hydrogen-bond acceptors (Lipinski definition) is 1. The van der Waals surface area contributed by atoms with Crippen LogP contribution in [0.1, 0.15) is 32.6 Å². The van der Waals surface area contributed by atoms with Gasteiger partial charge in [-0.05, 0) is 31.1 Å². The Labute approximate surface area is 168 Å². The molecule has 0 saturated heterocycles. The van der Waals surface area contributed by atoms with Crippen molar-refractivity contribution in [3.63, 3.8) is 0 Å². The first-order valence-corrected chi connectivity index (χ1v) is 16.1. The Morgan fingerprint density at radius 3 is 1.89 bits per heavy atom. The lowest BCUT2D eigenvalue weighted by Crippen LogP contribution is -2.67. The summed E-state index contributed by atoms with van der Waals surface area (Å²) in [5.41, 5.74) is 0. The topological polar surface area (TPSA) is 9.23 Å². The lowest BCUT2D eigenvalue weighted by atomic mass is 10.1. The molecule has 1 atom stereocenters. The van der Waals surface area contributed by atoms with Crippen LogP contribution in [-0.4, -0.2) is 21.6 Å². The summed E-state index contributed by atoms with van der Waals surface area (Å²) < 4.78 is 7.30. The number of benzene rings is 2. The van der Waals surface area contributed by atoms with Gasteiger partial charge in [-0.2, -0.15) is 0 Å². The molecule has 146 valence electrons. The SMILES string of the molecule is C=CCC(CCCC)(O[Si](C)(C)c1ccccc1)[Si](C)(C)c1ccccc1. The van der Waals surface area contributed by atoms with Gasteiger partial charge in [0.1, 0.15) is 8.07 Å². The van der Waals surface area contributed by atoms with E-state index in [1.54, 1.807) is 0 Å². The van der Waals surface area contributed by atoms with Crippen LogP contribution >= 0.6 is 0 Å². The van der Waals surface area contributed by atoms with Gasteiger partial charge in [0.05, 0.1) is 5.22 Å². The first-order valence-electron chi connectivity index (χ1n) is 10.2. The summed E-state index contributed by atoms with van der Waals surface area (Å²) in [6, 6.07) is 21.9. The molecule has 1 unspecified atom stereocenters. The van der Waals surface area contributed by atoms with Crippen molar-refractivity contribution in [3.05, 3.63) is 73.3 Å². The van der Waals surface area contributed by atoms with E-state index < -0.39 is 16.4 Å². The van der Waals surface area contributed by atoms with Crippen LogP contribution in [0.25, 0.3) is 0 Å². The minimum atomic E-state index is -2.06. The predicted molar refractivity (Wildman–Crippen MR) is 125 cm³/mol. The van der Waals surface area contributed by atoms with Crippen LogP contribution in [-0.2, 0) is 4.43 Å². The fourth-order valence-electron chi connectivity index (χ4n) is 4.09. The van der Waals surface area contributed by atoms with Crippen LogP contribution in [0.5, 0.6) is 0 Å². The molecule has 2 aromatic carbocycles. The number of hydrogen-bond donors (Lipinski definition) is 0. The lowest BCUT2D eigenvalue weighted by Gasteiger charge is -2.50. The van der Waals surface area contributed by atoms with Crippen molar-refractivity contribution < 1.29 is 4.43 Å². The lowest BCUT2D eigenvalue weighted by molar-refractivity contribution is 0.129. The van der Waals surface area contributed by atoms with Gasteiger partial charge in [-0.15, -0.1) is 6.58 Å². The van der Waals surface area contributed by atoms with Gasteiger partial charge in [0, 0.05) is 0 Å². The largest absolute Gasteiger partial charge is 0.409 e. The zero-order valence-electron chi connectivity index (χ0n) is 17.8. The van der Waals surface area contributed by atoms with Crippen LogP contribution < -0.4 is 10.4 Å². The van der Waals surface area contributed by atoms with Crippen molar-refractivity contribution in [2.24, 2.45) is 0 Å². The van der Waals surface area contributed by atoms with Crippen LogP contribution in [0.2, 0.25) is 26.2 Å². The van der Waals surface area contributed by atoms with Crippen molar-refractivity contribution in [2.75, 3.05) is 0 Å². The molecule has 3 heteroatoms. The molecule has 0 radical (unpaired) electrons. The summed E-state index contributed by atoms with van der Waals surface area (Å²) in [5, 5.41) is 2.71. The Morgan fingerprint density at radius 1 is 0.889 bits per heavy atom. The van der Waals surface area contributed by atoms with Gasteiger partial charge in [-0.1, -0.05) is 105 Å². The molecular weight excluding hydrogens is 360 g/mol. The van der Waals surface area contributed by atoms with E-state index in [0.717, 1.165) is 12.8 Å². The van der Waals surface area contributed by atoms with E-state index in [1.165, 1.54) is 23.2 Å². The monoisotopic (exact) mass is 396 g/mol. The molecule has 1 nitrogen and oxygen atoms in total. The Morgan fingerprint density at radius 2 is 1.41 bits per heavy atom. The number of rotatable bonds is 10. The summed E-state index contributed by atoms with van der Waals surface area (Å²) in [7, 11) is -3.98. The summed E-state index contributed by atoms with van der Waals surface area (Å²) >= 11 is 0. The third-order valence-corrected chi connectivity index (χ3v) is 13.4. The van der Waals surface area contributed by atoms with Gasteiger partial charge in [0.2, 0.25) is 8.32 Å². The van der Waals surface area contributed by atoms with E-state index in [0.29, 0.717) is 0 Å². The maximum Gasteiger partial charge on any atom is 0.218 e. The molecule has 0 aliphatic heterocycles. The van der Waals surface area contributed by atoms with E-state index in [9.17, 15) is 0 Å². The smallest absolute Gasteiger partial charge is 0.218 e. The zero-order valence-corrected chi connectivity index (χ0v) is 19.8. The van der Waals surface area contributed by atoms with E-state index >= 15 is 0 Å². The molecule has 0 heterocycles. The summed E-state index contributed by atoms with van der Waals surface area (Å²) in [4.78, 5) is 0. The molecule has 0 amide bonds. The molecule has 2 aromatic rings. The standard InChI is InChI=1S/C24H36OSi2/c1-7-9-21-24(20-8-2,26(3,4)22-16-12-10-13-17-22)25-27(5,6)23-18-14-11-15-19-23/h8,10-19H,2,7,9,20-21H2,1,3-6H3. The fourth-order valence-corrected chi connectivity index (χ4v) is 11.2. The van der Waals surface area contributed by atoms with Gasteiger partial charge >= 0.3 is 0 Å². The van der Waals surface area contributed by atoms with Gasteiger partial charge in [-0.25, -0.2) is 0 Å². The van der Waals surface area contributed by atoms with Crippen LogP contribution in [0.3, 0.4) is 0 Å². The molecular formula is C24H36OSi2. The van der Waals surface area contributed by atoms with Crippen LogP contribution in [0.4, 0.5) is 0 Å². The van der Waals surface area contributed by atoms with Crippen LogP contribution in [0, 0.1) is 0 Å². The fraction of sp³-hybridized carbons (Fsp3) is 0.417. The normalized spacial score (nSPS) is 14.6. The third kappa shape index (κ3) is 4.90. The highest BCUT2D eigenvalue weighted by molar-refractivity contribution is 6.93. The maximum atomic E-state index is 7.30. The minimum Gasteiger partial charge on any atom is -0.409 e. The van der Waals surface area contributed by atoms with Crippen molar-refractivity contribution >= 4 is 26.8 Å². The Bertz CT molecular complexity index is 710. The van der Waals surface area contributed by atoms with E-state index in [1.807, 2.05) is 0 Å². The molecule has 0 spiro atoms. The second-order valence-corrected chi connectivity index (χ2v) is 17.1. The molecule has 0 bridgehead atoms. The van der Waals surface area contributed by atoms with Crippen molar-refractivity contribution in [1.29, 1.82) is 0 Å². The Hall–Kier alpha value is -1.43. The van der Waals surface area contributed by atoms with Gasteiger partial charge in [0.25, 0.3) is 0 Å². The molecule has 27 heavy (non-hydrogen) atoms. The quantitative estimate of drug-likeness (QED) is 0.365. The molecule has 0 aliphatic rings. The minimum absolute atomic E-state index is 0.127. The second-order valence-electron chi connectivity index (χ2n) is 8.56. The highest BCUT2D eigenvalue weighted by Crippen LogP contribution is 2.37. The van der Waals surface area contributed by atoms with Crippen LogP contribution in [0.15, 0.2) is 73.3 Å². The van der Waals surface area contributed by atoms with E-state index in [4.69, 9.17) is 4.43 Å². The van der Waals surface area contributed by atoms with E-state index in [2.05, 4.69) is 106 Å².